The van der Waals surface area contributed by atoms with E-state index in [2.05, 4.69) is 6.92 Å². The Morgan fingerprint density at radius 2 is 1.38 bits per heavy atom. The second-order valence-electron chi connectivity index (χ2n) is 10.8. The van der Waals surface area contributed by atoms with Gasteiger partial charge < -0.3 is 14.8 Å². The van der Waals surface area contributed by atoms with Crippen molar-refractivity contribution in [2.24, 2.45) is 5.92 Å². The monoisotopic (exact) mass is 561 g/mol. The summed E-state index contributed by atoms with van der Waals surface area (Å²) in [6.45, 7) is 3.97. The fourth-order valence-electron chi connectivity index (χ4n) is 5.21. The van der Waals surface area contributed by atoms with E-state index in [-0.39, 0.29) is 24.7 Å². The molecule has 2 rings (SSSR count). The molecule has 2 unspecified atom stereocenters. The molecular weight excluding hydrogens is 516 g/mol. The van der Waals surface area contributed by atoms with Crippen molar-refractivity contribution in [1.29, 1.82) is 0 Å². The van der Waals surface area contributed by atoms with Gasteiger partial charge in [0.2, 0.25) is 17.7 Å². The summed E-state index contributed by atoms with van der Waals surface area (Å²) in [6, 6.07) is 4.97. The number of imide groups is 1. The highest BCUT2D eigenvalue weighted by Gasteiger charge is 2.40. The number of halogens is 1. The average molecular weight is 562 g/mol. The van der Waals surface area contributed by atoms with Gasteiger partial charge in [-0.1, -0.05) is 102 Å². The number of anilines is 1. The molecule has 0 aliphatic carbocycles. The summed E-state index contributed by atoms with van der Waals surface area (Å²) in [5.74, 6) is -3.34. The predicted octanol–water partition coefficient (Wildman–Crippen LogP) is 6.06. The summed E-state index contributed by atoms with van der Waals surface area (Å²) in [5, 5.41) is 12.0. The molecule has 3 amide bonds. The van der Waals surface area contributed by atoms with Crippen molar-refractivity contribution in [3.63, 3.8) is 0 Å². The molecule has 0 bridgehead atoms. The molecule has 39 heavy (non-hydrogen) atoms. The Bertz CT molecular complexity index is 920. The Kier molecular flexibility index (Phi) is 15.2. The molecule has 1 aliphatic heterocycles. The maximum atomic E-state index is 13.1. The molecule has 1 heterocycles. The van der Waals surface area contributed by atoms with Gasteiger partial charge in [-0.2, -0.15) is 0 Å². The summed E-state index contributed by atoms with van der Waals surface area (Å²) in [6.07, 6.45) is 17.0. The number of carboxylic acid groups (broad SMARTS) is 1. The molecule has 1 fully saturated rings. The van der Waals surface area contributed by atoms with E-state index in [1.54, 1.807) is 24.3 Å². The van der Waals surface area contributed by atoms with E-state index in [9.17, 15) is 24.3 Å². The zero-order valence-electron chi connectivity index (χ0n) is 23.8. The Morgan fingerprint density at radius 3 is 1.87 bits per heavy atom. The largest absolute Gasteiger partial charge is 0.548 e. The van der Waals surface area contributed by atoms with Crippen LogP contribution in [0.2, 0.25) is 5.02 Å². The number of hydrogen-bond donors (Lipinski definition) is 0. The van der Waals surface area contributed by atoms with Gasteiger partial charge in [-0.15, -0.1) is 0 Å². The first-order chi connectivity index (χ1) is 18.8. The second kappa shape index (κ2) is 18.0. The third-order valence-electron chi connectivity index (χ3n) is 7.60. The summed E-state index contributed by atoms with van der Waals surface area (Å²) in [7, 11) is 0. The molecule has 1 aromatic rings. The van der Waals surface area contributed by atoms with E-state index in [4.69, 9.17) is 11.6 Å². The molecule has 0 spiro atoms. The quantitative estimate of drug-likeness (QED) is 0.142. The van der Waals surface area contributed by atoms with Gasteiger partial charge in [0, 0.05) is 30.1 Å². The number of amides is 3. The van der Waals surface area contributed by atoms with Gasteiger partial charge in [0.1, 0.15) is 0 Å². The SMILES string of the molecule is CCCCCCCCCCCCCCCCN1C(=O)CC(CC(=O)N(c2ccc(Cl)cc2)C(C)C(=O)[O-])C1=O. The van der Waals surface area contributed by atoms with Crippen LogP contribution in [-0.4, -0.2) is 41.2 Å². The average Bonchev–Trinajstić information content (AvgIpc) is 3.17. The molecule has 1 aliphatic rings. The highest BCUT2D eigenvalue weighted by Crippen LogP contribution is 2.27. The number of benzene rings is 1. The fraction of sp³-hybridized carbons (Fsp3) is 0.677. The van der Waals surface area contributed by atoms with Crippen molar-refractivity contribution in [1.82, 2.24) is 4.90 Å². The maximum Gasteiger partial charge on any atom is 0.233 e. The summed E-state index contributed by atoms with van der Waals surface area (Å²) in [4.78, 5) is 52.5. The van der Waals surface area contributed by atoms with Crippen LogP contribution in [0.15, 0.2) is 24.3 Å². The minimum atomic E-state index is -1.41. The van der Waals surface area contributed by atoms with Gasteiger partial charge in [-0.25, -0.2) is 0 Å². The predicted molar refractivity (Wildman–Crippen MR) is 153 cm³/mol. The molecule has 7 nitrogen and oxygen atoms in total. The lowest BCUT2D eigenvalue weighted by molar-refractivity contribution is -0.307. The van der Waals surface area contributed by atoms with Crippen molar-refractivity contribution in [2.75, 3.05) is 11.4 Å². The van der Waals surface area contributed by atoms with Crippen LogP contribution in [-0.2, 0) is 19.2 Å². The van der Waals surface area contributed by atoms with E-state index in [1.165, 1.54) is 82.5 Å². The van der Waals surface area contributed by atoms with E-state index >= 15 is 0 Å². The molecule has 1 saturated heterocycles. The Morgan fingerprint density at radius 1 is 0.897 bits per heavy atom. The smallest absolute Gasteiger partial charge is 0.233 e. The molecule has 0 N–H and O–H groups in total. The minimum absolute atomic E-state index is 0.0304. The van der Waals surface area contributed by atoms with E-state index in [0.29, 0.717) is 17.3 Å². The second-order valence-corrected chi connectivity index (χ2v) is 11.3. The molecule has 0 saturated carbocycles. The topological polar surface area (TPSA) is 97.8 Å². The Balaban J connectivity index is 1.69. The van der Waals surface area contributed by atoms with E-state index < -0.39 is 23.8 Å². The number of carbonyl (C=O) groups excluding carboxylic acids is 4. The van der Waals surface area contributed by atoms with Crippen LogP contribution in [0.1, 0.15) is 117 Å². The van der Waals surface area contributed by atoms with Crippen LogP contribution in [0.4, 0.5) is 5.69 Å². The van der Waals surface area contributed by atoms with Crippen molar-refractivity contribution in [3.8, 4) is 0 Å². The summed E-state index contributed by atoms with van der Waals surface area (Å²) < 4.78 is 0. The number of carbonyl (C=O) groups is 4. The van der Waals surface area contributed by atoms with Gasteiger partial charge >= 0.3 is 0 Å². The first-order valence-electron chi connectivity index (χ1n) is 14.9. The van der Waals surface area contributed by atoms with Crippen LogP contribution in [0.25, 0.3) is 0 Å². The van der Waals surface area contributed by atoms with E-state index in [1.807, 2.05) is 0 Å². The molecule has 218 valence electrons. The molecule has 0 aromatic heterocycles. The first kappa shape index (κ1) is 32.8. The van der Waals surface area contributed by atoms with Crippen LogP contribution in [0, 0.1) is 5.92 Å². The number of hydrogen-bond acceptors (Lipinski definition) is 5. The number of unbranched alkanes of at least 4 members (excludes halogenated alkanes) is 13. The lowest BCUT2D eigenvalue weighted by atomic mass is 10.0. The van der Waals surface area contributed by atoms with Gasteiger partial charge in [-0.3, -0.25) is 19.3 Å². The van der Waals surface area contributed by atoms with Crippen molar-refractivity contribution in [3.05, 3.63) is 29.3 Å². The number of rotatable bonds is 20. The zero-order valence-corrected chi connectivity index (χ0v) is 24.6. The fourth-order valence-corrected chi connectivity index (χ4v) is 5.34. The number of likely N-dealkylation sites (tertiary alicyclic amines) is 1. The first-order valence-corrected chi connectivity index (χ1v) is 15.3. The van der Waals surface area contributed by atoms with Gasteiger partial charge in [0.15, 0.2) is 0 Å². The van der Waals surface area contributed by atoms with Gasteiger partial charge in [0.25, 0.3) is 0 Å². The van der Waals surface area contributed by atoms with Gasteiger partial charge in [0.05, 0.1) is 17.9 Å². The lowest BCUT2D eigenvalue weighted by Gasteiger charge is -2.30. The molecule has 1 aromatic carbocycles. The third kappa shape index (κ3) is 11.3. The van der Waals surface area contributed by atoms with Gasteiger partial charge in [-0.05, 0) is 37.6 Å². The van der Waals surface area contributed by atoms with Crippen LogP contribution in [0.5, 0.6) is 0 Å². The molecular formula is C31H46ClN2O5-. The normalized spacial score (nSPS) is 16.1. The third-order valence-corrected chi connectivity index (χ3v) is 7.85. The van der Waals surface area contributed by atoms with Crippen LogP contribution < -0.4 is 10.0 Å². The highest BCUT2D eigenvalue weighted by molar-refractivity contribution is 6.30. The maximum absolute atomic E-state index is 13.1. The van der Waals surface area contributed by atoms with Crippen molar-refractivity contribution in [2.45, 2.75) is 123 Å². The van der Waals surface area contributed by atoms with Crippen molar-refractivity contribution >= 4 is 41.0 Å². The summed E-state index contributed by atoms with van der Waals surface area (Å²) >= 11 is 5.92. The number of nitrogens with zero attached hydrogens (tertiary/aromatic N) is 2. The molecule has 2 atom stereocenters. The zero-order chi connectivity index (χ0) is 28.6. The Labute approximate surface area is 239 Å². The summed E-state index contributed by atoms with van der Waals surface area (Å²) in [5.41, 5.74) is 0.345. The van der Waals surface area contributed by atoms with Crippen LogP contribution in [0.3, 0.4) is 0 Å². The lowest BCUT2D eigenvalue weighted by Crippen LogP contribution is -2.50. The number of aliphatic carboxylic acids is 1. The van der Waals surface area contributed by atoms with E-state index in [0.717, 1.165) is 24.2 Å². The standard InChI is InChI=1S/C31H47ClN2O5/c1-3-4-5-6-7-8-9-10-11-12-13-14-15-16-21-33-28(35)22-25(30(33)37)23-29(36)34(24(2)31(38)39)27-19-17-26(32)18-20-27/h17-20,24-25H,3-16,21-23H2,1-2H3,(H,38,39)/p-1. The highest BCUT2D eigenvalue weighted by atomic mass is 35.5. The minimum Gasteiger partial charge on any atom is -0.548 e. The Hall–Kier alpha value is -2.41. The van der Waals surface area contributed by atoms with Crippen molar-refractivity contribution < 1.29 is 24.3 Å². The van der Waals surface area contributed by atoms with Crippen LogP contribution >= 0.6 is 11.6 Å². The molecule has 8 heteroatoms. The molecule has 0 radical (unpaired) electrons. The number of carboxylic acids is 1.